The molecule has 2 aromatic carbocycles. The molecular weight excluding hydrogens is 574 g/mol. The zero-order valence-electron chi connectivity index (χ0n) is 22.5. The highest BCUT2D eigenvalue weighted by molar-refractivity contribution is 8.55. The van der Waals surface area contributed by atoms with Gasteiger partial charge in [-0.25, -0.2) is 0 Å². The molecule has 0 heterocycles. The van der Waals surface area contributed by atoms with Crippen molar-refractivity contribution in [3.63, 3.8) is 0 Å². The largest absolute Gasteiger partial charge is 0.461 e. The normalized spacial score (nSPS) is 19.7. The van der Waals surface area contributed by atoms with Gasteiger partial charge in [-0.2, -0.15) is 13.2 Å². The number of esters is 1. The van der Waals surface area contributed by atoms with Crippen LogP contribution in [-0.2, 0) is 30.0 Å². The molecule has 6 nitrogen and oxygen atoms in total. The van der Waals surface area contributed by atoms with Crippen LogP contribution in [0.15, 0.2) is 59.6 Å². The van der Waals surface area contributed by atoms with Gasteiger partial charge in [0.1, 0.15) is 11.6 Å². The van der Waals surface area contributed by atoms with Gasteiger partial charge < -0.3 is 9.26 Å². The van der Waals surface area contributed by atoms with E-state index >= 15 is 0 Å². The molecule has 1 amide bonds. The number of allylic oxidation sites excluding steroid dienone is 2. The van der Waals surface area contributed by atoms with Crippen molar-refractivity contribution in [3.8, 4) is 11.1 Å². The third-order valence-corrected chi connectivity index (χ3v) is 10.5. The number of nitrogens with one attached hydrogen (secondary N) is 1. The third-order valence-electron chi connectivity index (χ3n) is 6.44. The zero-order chi connectivity index (χ0) is 29.6. The molecule has 2 aromatic rings. The van der Waals surface area contributed by atoms with Crippen LogP contribution in [0.25, 0.3) is 11.1 Å². The van der Waals surface area contributed by atoms with Gasteiger partial charge >= 0.3 is 18.9 Å². The Morgan fingerprint density at radius 2 is 1.77 bits per heavy atom. The van der Waals surface area contributed by atoms with Crippen LogP contribution in [0.2, 0.25) is 0 Å². The third kappa shape index (κ3) is 8.87. The smallest absolute Gasteiger partial charge is 0.426 e. The summed E-state index contributed by atoms with van der Waals surface area (Å²) in [5.74, 6) is -2.09. The molecule has 0 spiro atoms. The van der Waals surface area contributed by atoms with Crippen LogP contribution in [0.5, 0.6) is 0 Å². The van der Waals surface area contributed by atoms with Crippen molar-refractivity contribution in [2.75, 3.05) is 13.4 Å². The van der Waals surface area contributed by atoms with E-state index in [1.54, 1.807) is 20.1 Å². The predicted molar refractivity (Wildman–Crippen MR) is 149 cm³/mol. The van der Waals surface area contributed by atoms with E-state index in [-0.39, 0.29) is 12.5 Å². The lowest BCUT2D eigenvalue weighted by Gasteiger charge is -2.12. The summed E-state index contributed by atoms with van der Waals surface area (Å²) in [7, 11) is 1.30. The van der Waals surface area contributed by atoms with Gasteiger partial charge in [-0.05, 0) is 46.8 Å². The Balaban J connectivity index is 0.000000455. The molecule has 1 N–H and O–H groups in total. The maximum atomic E-state index is 12.7. The van der Waals surface area contributed by atoms with E-state index in [0.717, 1.165) is 39.7 Å². The average Bonchev–Trinajstić information content (AvgIpc) is 3.42. The number of amides is 1. The number of carbonyl (C=O) groups excluding carboxylic acids is 2. The number of ether oxygens (including phenoxy) is 1. The van der Waals surface area contributed by atoms with Crippen molar-refractivity contribution < 1.29 is 36.6 Å². The van der Waals surface area contributed by atoms with Crippen LogP contribution in [0, 0.1) is 24.2 Å². The van der Waals surface area contributed by atoms with Crippen LogP contribution in [-0.4, -0.2) is 31.4 Å². The van der Waals surface area contributed by atoms with Gasteiger partial charge in [0.2, 0.25) is 5.91 Å². The number of hydrogen-bond donors (Lipinski definition) is 1. The number of carbonyl (C=O) groups is 2. The summed E-state index contributed by atoms with van der Waals surface area (Å²) < 4.78 is 59.3. The van der Waals surface area contributed by atoms with Gasteiger partial charge in [-0.1, -0.05) is 91.4 Å². The second-order valence-corrected chi connectivity index (χ2v) is 14.3. The van der Waals surface area contributed by atoms with Crippen LogP contribution in [0.4, 0.5) is 13.2 Å². The van der Waals surface area contributed by atoms with Gasteiger partial charge in [-0.15, -0.1) is 0 Å². The van der Waals surface area contributed by atoms with E-state index in [1.807, 2.05) is 55.5 Å². The molecule has 1 aliphatic rings. The Morgan fingerprint density at radius 3 is 2.26 bits per heavy atom. The highest BCUT2D eigenvalue weighted by atomic mass is 35.5. The van der Waals surface area contributed by atoms with E-state index in [4.69, 9.17) is 16.3 Å². The van der Waals surface area contributed by atoms with E-state index in [0.29, 0.717) is 0 Å². The van der Waals surface area contributed by atoms with E-state index in [1.165, 1.54) is 14.0 Å². The van der Waals surface area contributed by atoms with Gasteiger partial charge in [0.05, 0.1) is 5.92 Å². The van der Waals surface area contributed by atoms with Crippen LogP contribution >= 0.6 is 29.7 Å². The molecular formula is C27H32ClF3NO5PS. The Bertz CT molecular complexity index is 1250. The lowest BCUT2D eigenvalue weighted by molar-refractivity contribution is -0.147. The first-order chi connectivity index (χ1) is 18.1. The molecule has 3 unspecified atom stereocenters. The first-order valence-electron chi connectivity index (χ1n) is 11.8. The standard InChI is InChI=1S/C23H22ClF3O2.C4H10NO3PS/c1-14-16(10-7-11-17(14)15-8-5-4-6-9-15)13-29-21(28)20-18(22(20,2)3)12-19(24)23(25,26)27;1-4(6)5-9(7,8-2)10-3/h4-12,18,20H,13H2,1-3H3;1-3H3,(H,5,6,7)/b19-12-;. The Kier molecular flexibility index (Phi) is 11.3. The van der Waals surface area contributed by atoms with E-state index in [9.17, 15) is 27.3 Å². The second-order valence-electron chi connectivity index (χ2n) is 9.43. The average molecular weight is 606 g/mol. The molecule has 0 bridgehead atoms. The highest BCUT2D eigenvalue weighted by Gasteiger charge is 2.62. The summed E-state index contributed by atoms with van der Waals surface area (Å²) in [6, 6.07) is 15.6. The van der Waals surface area contributed by atoms with Crippen LogP contribution in [0.3, 0.4) is 0 Å². The molecule has 0 saturated heterocycles. The fourth-order valence-electron chi connectivity index (χ4n) is 4.06. The minimum Gasteiger partial charge on any atom is -0.461 e. The quantitative estimate of drug-likeness (QED) is 0.243. The molecule has 214 valence electrons. The molecule has 1 saturated carbocycles. The van der Waals surface area contributed by atoms with Crippen molar-refractivity contribution in [2.45, 2.75) is 40.5 Å². The van der Waals surface area contributed by atoms with Gasteiger partial charge in [-0.3, -0.25) is 19.2 Å². The first kappa shape index (κ1) is 32.9. The highest BCUT2D eigenvalue weighted by Crippen LogP contribution is 2.60. The summed E-state index contributed by atoms with van der Waals surface area (Å²) in [6.07, 6.45) is -2.07. The molecule has 0 aromatic heterocycles. The van der Waals surface area contributed by atoms with E-state index in [2.05, 4.69) is 9.61 Å². The summed E-state index contributed by atoms with van der Waals surface area (Å²) in [4.78, 5) is 22.9. The molecule has 3 rings (SSSR count). The molecule has 3 atom stereocenters. The molecule has 12 heteroatoms. The molecule has 0 aliphatic heterocycles. The van der Waals surface area contributed by atoms with Crippen LogP contribution in [0.1, 0.15) is 31.9 Å². The summed E-state index contributed by atoms with van der Waals surface area (Å²) in [5.41, 5.74) is 3.34. The Hall–Kier alpha value is -2.26. The molecule has 0 radical (unpaired) electrons. The zero-order valence-corrected chi connectivity index (χ0v) is 24.9. The molecule has 1 fully saturated rings. The van der Waals surface area contributed by atoms with E-state index < -0.39 is 41.2 Å². The van der Waals surface area contributed by atoms with Gasteiger partial charge in [0, 0.05) is 14.0 Å². The summed E-state index contributed by atoms with van der Waals surface area (Å²) in [6.45, 7) is 3.88. The fourth-order valence-corrected chi connectivity index (χ4v) is 6.02. The maximum Gasteiger partial charge on any atom is 0.426 e. The van der Waals surface area contributed by atoms with Crippen molar-refractivity contribution in [1.29, 1.82) is 0 Å². The Morgan fingerprint density at radius 1 is 1.15 bits per heavy atom. The fraction of sp³-hybridized carbons (Fsp3) is 0.407. The Labute approximate surface area is 235 Å². The predicted octanol–water partition coefficient (Wildman–Crippen LogP) is 7.90. The minimum absolute atomic E-state index is 0.0708. The molecule has 1 aliphatic carbocycles. The van der Waals surface area contributed by atoms with Gasteiger partial charge in [0.25, 0.3) is 0 Å². The first-order valence-corrected chi connectivity index (χ1v) is 15.7. The SMILES string of the molecule is COP(=O)(NC(C)=O)SC.Cc1c(COC(=O)C2C(/C=C(\Cl)C(F)(F)F)C2(C)C)cccc1-c1ccccc1. The number of halogens is 4. The lowest BCUT2D eigenvalue weighted by Crippen LogP contribution is -2.15. The van der Waals surface area contributed by atoms with Crippen molar-refractivity contribution in [2.24, 2.45) is 17.3 Å². The number of alkyl halides is 3. The number of hydrogen-bond acceptors (Lipinski definition) is 6. The summed E-state index contributed by atoms with van der Waals surface area (Å²) in [5, 5.41) is 1.02. The minimum atomic E-state index is -4.61. The second kappa shape index (κ2) is 13.4. The van der Waals surface area contributed by atoms with Crippen molar-refractivity contribution in [1.82, 2.24) is 5.09 Å². The number of benzene rings is 2. The lowest BCUT2D eigenvalue weighted by atomic mass is 9.97. The number of rotatable bonds is 8. The molecule has 39 heavy (non-hydrogen) atoms. The van der Waals surface area contributed by atoms with Gasteiger partial charge in [0.15, 0.2) is 0 Å². The maximum absolute atomic E-state index is 12.7. The topological polar surface area (TPSA) is 81.7 Å². The van der Waals surface area contributed by atoms with Crippen molar-refractivity contribution in [3.05, 3.63) is 70.8 Å². The van der Waals surface area contributed by atoms with Crippen LogP contribution < -0.4 is 5.09 Å². The van der Waals surface area contributed by atoms with Crippen molar-refractivity contribution >= 4 is 41.6 Å². The summed E-state index contributed by atoms with van der Waals surface area (Å²) >= 11 is 6.34. The monoisotopic (exact) mass is 605 g/mol.